The number of fused-ring (bicyclic) bond motifs is 1. The van der Waals surface area contributed by atoms with Crippen LogP contribution in [0.2, 0.25) is 0 Å². The van der Waals surface area contributed by atoms with Crippen molar-refractivity contribution in [2.24, 2.45) is 0 Å². The van der Waals surface area contributed by atoms with Crippen LogP contribution in [0.4, 0.5) is 21.8 Å². The van der Waals surface area contributed by atoms with Crippen LogP contribution < -0.4 is 11.1 Å². The molecule has 1 saturated carbocycles. The second kappa shape index (κ2) is 8.20. The van der Waals surface area contributed by atoms with Gasteiger partial charge in [-0.1, -0.05) is 18.2 Å². The highest BCUT2D eigenvalue weighted by Crippen LogP contribution is 2.45. The standard InChI is InChI=1S/C24H26FN7/c1-31(2)13-12-15-6-10-17(11-7-15)28-24-27-14-18-21(25)22(16-8-9-16)32(23(18)30-24)20-5-3-4-19(26)29-20/h3-7,10-11,14,16H,8-9,12-13H2,1-2H3,(H2,26,29)(H,27,28,30). The van der Waals surface area contributed by atoms with Crippen molar-refractivity contribution >= 4 is 28.5 Å². The molecule has 1 fully saturated rings. The summed E-state index contributed by atoms with van der Waals surface area (Å²) in [7, 11) is 4.13. The van der Waals surface area contributed by atoms with Gasteiger partial charge >= 0.3 is 0 Å². The number of hydrogen-bond acceptors (Lipinski definition) is 6. The number of rotatable bonds is 7. The average molecular weight is 432 g/mol. The highest BCUT2D eigenvalue weighted by atomic mass is 19.1. The number of likely N-dealkylation sites (N-methyl/N-ethyl adjacent to an activating group) is 1. The molecule has 1 aliphatic carbocycles. The first-order chi connectivity index (χ1) is 15.5. The average Bonchev–Trinajstić information content (AvgIpc) is 3.57. The fourth-order valence-electron chi connectivity index (χ4n) is 3.86. The number of nitrogen functional groups attached to an aromatic ring is 1. The summed E-state index contributed by atoms with van der Waals surface area (Å²) in [5, 5.41) is 3.63. The zero-order chi connectivity index (χ0) is 22.2. The normalized spacial score (nSPS) is 13.8. The van der Waals surface area contributed by atoms with E-state index in [2.05, 4.69) is 51.4 Å². The van der Waals surface area contributed by atoms with E-state index < -0.39 is 0 Å². The minimum Gasteiger partial charge on any atom is -0.384 e. The van der Waals surface area contributed by atoms with Crippen molar-refractivity contribution in [3.05, 3.63) is 65.7 Å². The first-order valence-corrected chi connectivity index (χ1v) is 10.8. The highest BCUT2D eigenvalue weighted by Gasteiger charge is 2.34. The molecule has 0 spiro atoms. The number of halogens is 1. The van der Waals surface area contributed by atoms with Crippen LogP contribution in [-0.2, 0) is 6.42 Å². The van der Waals surface area contributed by atoms with Crippen molar-refractivity contribution in [3.63, 3.8) is 0 Å². The minimum absolute atomic E-state index is 0.165. The summed E-state index contributed by atoms with van der Waals surface area (Å²) in [5.41, 5.74) is 9.14. The summed E-state index contributed by atoms with van der Waals surface area (Å²) >= 11 is 0. The zero-order valence-electron chi connectivity index (χ0n) is 18.2. The van der Waals surface area contributed by atoms with Crippen LogP contribution in [0.1, 0.15) is 30.0 Å². The Kier molecular flexibility index (Phi) is 5.22. The second-order valence-electron chi connectivity index (χ2n) is 8.54. The van der Waals surface area contributed by atoms with E-state index in [-0.39, 0.29) is 11.7 Å². The number of nitrogens with two attached hydrogens (primary N) is 1. The van der Waals surface area contributed by atoms with E-state index in [1.54, 1.807) is 16.8 Å². The maximum absolute atomic E-state index is 15.3. The van der Waals surface area contributed by atoms with E-state index in [1.165, 1.54) is 5.56 Å². The van der Waals surface area contributed by atoms with Gasteiger partial charge in [-0.3, -0.25) is 4.57 Å². The topological polar surface area (TPSA) is 84.9 Å². The minimum atomic E-state index is -0.275. The Morgan fingerprint density at radius 2 is 1.91 bits per heavy atom. The number of nitrogens with zero attached hydrogens (tertiary/aromatic N) is 5. The van der Waals surface area contributed by atoms with Crippen LogP contribution >= 0.6 is 0 Å². The Labute approximate surface area is 186 Å². The lowest BCUT2D eigenvalue weighted by Crippen LogP contribution is -2.14. The van der Waals surface area contributed by atoms with Crippen LogP contribution in [0.15, 0.2) is 48.7 Å². The summed E-state index contributed by atoms with van der Waals surface area (Å²) in [4.78, 5) is 15.6. The zero-order valence-corrected chi connectivity index (χ0v) is 18.2. The van der Waals surface area contributed by atoms with Crippen LogP contribution in [-0.4, -0.2) is 45.1 Å². The predicted molar refractivity (Wildman–Crippen MR) is 125 cm³/mol. The summed E-state index contributed by atoms with van der Waals surface area (Å²) < 4.78 is 17.1. The number of aromatic nitrogens is 4. The van der Waals surface area contributed by atoms with Gasteiger partial charge in [-0.25, -0.2) is 14.4 Å². The van der Waals surface area contributed by atoms with E-state index in [4.69, 9.17) is 5.73 Å². The molecule has 3 N–H and O–H groups in total. The monoisotopic (exact) mass is 431 g/mol. The summed E-state index contributed by atoms with van der Waals surface area (Å²) in [6, 6.07) is 13.6. The van der Waals surface area contributed by atoms with Crippen molar-refractivity contribution in [2.45, 2.75) is 25.2 Å². The van der Waals surface area contributed by atoms with Crippen LogP contribution in [0, 0.1) is 5.82 Å². The smallest absolute Gasteiger partial charge is 0.229 e. The van der Waals surface area contributed by atoms with Gasteiger partial charge in [-0.05, 0) is 63.2 Å². The number of pyridine rings is 1. The van der Waals surface area contributed by atoms with Crippen molar-refractivity contribution in [1.82, 2.24) is 24.4 Å². The molecular formula is C24H26FN7. The number of hydrogen-bond donors (Lipinski definition) is 2. The van der Waals surface area contributed by atoms with Gasteiger partial charge < -0.3 is 16.0 Å². The van der Waals surface area contributed by atoms with Gasteiger partial charge in [-0.15, -0.1) is 0 Å². The number of anilines is 3. The molecule has 32 heavy (non-hydrogen) atoms. The molecule has 4 aromatic rings. The fraction of sp³-hybridized carbons (Fsp3) is 0.292. The van der Waals surface area contributed by atoms with E-state index in [0.29, 0.717) is 34.3 Å². The quantitative estimate of drug-likeness (QED) is 0.455. The molecule has 1 aliphatic rings. The highest BCUT2D eigenvalue weighted by molar-refractivity contribution is 5.81. The molecule has 0 aliphatic heterocycles. The SMILES string of the molecule is CN(C)CCc1ccc(Nc2ncc3c(F)c(C4CC4)n(-c4cccc(N)n4)c3n2)cc1. The van der Waals surface area contributed by atoms with Gasteiger partial charge in [0.05, 0.1) is 11.1 Å². The van der Waals surface area contributed by atoms with Gasteiger partial charge in [-0.2, -0.15) is 4.98 Å². The Bertz CT molecular complexity index is 1260. The van der Waals surface area contributed by atoms with Crippen LogP contribution in [0.5, 0.6) is 0 Å². The van der Waals surface area contributed by atoms with E-state index in [0.717, 1.165) is 31.5 Å². The molecule has 0 amide bonds. The number of nitrogens with one attached hydrogen (secondary N) is 1. The molecule has 8 heteroatoms. The van der Waals surface area contributed by atoms with Crippen molar-refractivity contribution in [3.8, 4) is 5.82 Å². The first kappa shape index (κ1) is 20.4. The third kappa shape index (κ3) is 4.01. The maximum Gasteiger partial charge on any atom is 0.229 e. The summed E-state index contributed by atoms with van der Waals surface area (Å²) in [5.74, 6) is 1.24. The Hall–Kier alpha value is -3.52. The molecule has 1 aromatic carbocycles. The summed E-state index contributed by atoms with van der Waals surface area (Å²) in [6.45, 7) is 0.996. The number of benzene rings is 1. The van der Waals surface area contributed by atoms with Crippen LogP contribution in [0.3, 0.4) is 0 Å². The lowest BCUT2D eigenvalue weighted by molar-refractivity contribution is 0.413. The van der Waals surface area contributed by atoms with E-state index >= 15 is 4.39 Å². The predicted octanol–water partition coefficient (Wildman–Crippen LogP) is 4.26. The molecule has 0 atom stereocenters. The maximum atomic E-state index is 15.3. The van der Waals surface area contributed by atoms with E-state index in [9.17, 15) is 0 Å². The molecule has 5 rings (SSSR count). The van der Waals surface area contributed by atoms with Crippen molar-refractivity contribution in [2.75, 3.05) is 31.7 Å². The van der Waals surface area contributed by atoms with Gasteiger partial charge in [0.1, 0.15) is 11.6 Å². The lowest BCUT2D eigenvalue weighted by atomic mass is 10.1. The third-order valence-corrected chi connectivity index (χ3v) is 5.69. The Balaban J connectivity index is 1.50. The largest absolute Gasteiger partial charge is 0.384 e. The van der Waals surface area contributed by atoms with Gasteiger partial charge in [0.25, 0.3) is 0 Å². The van der Waals surface area contributed by atoms with Crippen molar-refractivity contribution < 1.29 is 4.39 Å². The molecule has 3 heterocycles. The molecular weight excluding hydrogens is 405 g/mol. The van der Waals surface area contributed by atoms with Gasteiger partial charge in [0, 0.05) is 24.3 Å². The molecule has 164 valence electrons. The lowest BCUT2D eigenvalue weighted by Gasteiger charge is -2.11. The molecule has 0 saturated heterocycles. The molecule has 0 radical (unpaired) electrons. The van der Waals surface area contributed by atoms with Gasteiger partial charge in [0.2, 0.25) is 5.95 Å². The van der Waals surface area contributed by atoms with Gasteiger partial charge in [0.15, 0.2) is 11.5 Å². The fourth-order valence-corrected chi connectivity index (χ4v) is 3.86. The molecule has 0 unspecified atom stereocenters. The first-order valence-electron chi connectivity index (χ1n) is 10.8. The Morgan fingerprint density at radius 1 is 1.12 bits per heavy atom. The second-order valence-corrected chi connectivity index (χ2v) is 8.54. The van der Waals surface area contributed by atoms with E-state index in [1.807, 2.05) is 24.3 Å². The summed E-state index contributed by atoms with van der Waals surface area (Å²) in [6.07, 6.45) is 4.43. The Morgan fingerprint density at radius 3 is 2.59 bits per heavy atom. The molecule has 0 bridgehead atoms. The van der Waals surface area contributed by atoms with Crippen molar-refractivity contribution in [1.29, 1.82) is 0 Å². The third-order valence-electron chi connectivity index (χ3n) is 5.69. The molecule has 3 aromatic heterocycles. The van der Waals surface area contributed by atoms with Crippen LogP contribution in [0.25, 0.3) is 16.9 Å². The molecule has 7 nitrogen and oxygen atoms in total.